The number of halogens is 1. The highest BCUT2D eigenvalue weighted by Crippen LogP contribution is 2.29. The van der Waals surface area contributed by atoms with Gasteiger partial charge in [-0.15, -0.1) is 0 Å². The lowest BCUT2D eigenvalue weighted by atomic mass is 9.57. The fourth-order valence-corrected chi connectivity index (χ4v) is 3.49. The number of fused-ring (bicyclic) bond motifs is 1. The highest BCUT2D eigenvalue weighted by Gasteiger charge is 2.26. The normalized spacial score (nSPS) is 16.0. The smallest absolute Gasteiger partial charge is 0.219 e. The molecule has 1 aliphatic heterocycles. The van der Waals surface area contributed by atoms with Crippen molar-refractivity contribution in [1.29, 1.82) is 0 Å². The summed E-state index contributed by atoms with van der Waals surface area (Å²) < 4.78 is 20.2. The summed E-state index contributed by atoms with van der Waals surface area (Å²) in [6.45, 7) is 11.7. The number of carbonyl (C=O) groups is 2. The standard InChI is InChI=1S/C22H31BFNO3/c1-6-7-20(27)25-19-12-15-8-9-17(24)21(16(15)13-23-19)14(2)28-11-10-18(26)22(3,4)5/h8-9,19,23H,2,6-7,10-13H2,1,3-5H3,(H,25,27)/t19-/m0/s1. The Hall–Kier alpha value is -2.11. The zero-order valence-corrected chi connectivity index (χ0v) is 17.5. The number of ether oxygens (including phenoxy) is 1. The first kappa shape index (κ1) is 22.2. The van der Waals surface area contributed by atoms with Crippen LogP contribution >= 0.6 is 0 Å². The molecule has 1 aromatic rings. The summed E-state index contributed by atoms with van der Waals surface area (Å²) in [5.41, 5.74) is 1.89. The molecule has 1 aromatic carbocycles. The Kier molecular flexibility index (Phi) is 7.45. The number of benzene rings is 1. The fourth-order valence-electron chi connectivity index (χ4n) is 3.49. The number of hydrogen-bond acceptors (Lipinski definition) is 3. The summed E-state index contributed by atoms with van der Waals surface area (Å²) in [5.74, 6) is 0.142. The van der Waals surface area contributed by atoms with Crippen LogP contribution in [0.3, 0.4) is 0 Å². The van der Waals surface area contributed by atoms with Gasteiger partial charge in [0.25, 0.3) is 0 Å². The second-order valence-corrected chi connectivity index (χ2v) is 8.51. The Labute approximate surface area is 168 Å². The van der Waals surface area contributed by atoms with E-state index >= 15 is 0 Å². The Bertz CT molecular complexity index is 755. The second kappa shape index (κ2) is 9.40. The molecule has 1 N–H and O–H groups in total. The first-order valence-corrected chi connectivity index (χ1v) is 10.1. The maximum absolute atomic E-state index is 14.5. The van der Waals surface area contributed by atoms with Crippen molar-refractivity contribution < 1.29 is 18.7 Å². The summed E-state index contributed by atoms with van der Waals surface area (Å²) in [4.78, 5) is 23.9. The maximum atomic E-state index is 14.5. The minimum absolute atomic E-state index is 0.0644. The molecule has 6 heteroatoms. The first-order chi connectivity index (χ1) is 13.1. The van der Waals surface area contributed by atoms with Crippen LogP contribution in [0.5, 0.6) is 0 Å². The summed E-state index contributed by atoms with van der Waals surface area (Å²) in [5, 5.41) is 3.06. The van der Waals surface area contributed by atoms with Gasteiger partial charge in [-0.3, -0.25) is 9.59 Å². The molecule has 0 radical (unpaired) electrons. The van der Waals surface area contributed by atoms with Gasteiger partial charge in [0.05, 0.1) is 12.2 Å². The van der Waals surface area contributed by atoms with E-state index in [4.69, 9.17) is 4.74 Å². The molecule has 0 unspecified atom stereocenters. The van der Waals surface area contributed by atoms with Crippen LogP contribution in [0.1, 0.15) is 63.6 Å². The van der Waals surface area contributed by atoms with Crippen molar-refractivity contribution in [3.63, 3.8) is 0 Å². The summed E-state index contributed by atoms with van der Waals surface area (Å²) in [6.07, 6.45) is 2.94. The zero-order chi connectivity index (χ0) is 20.9. The highest BCUT2D eigenvalue weighted by molar-refractivity contribution is 6.38. The van der Waals surface area contributed by atoms with Crippen molar-refractivity contribution in [2.24, 2.45) is 5.41 Å². The van der Waals surface area contributed by atoms with E-state index in [2.05, 4.69) is 11.9 Å². The Morgan fingerprint density at radius 1 is 1.32 bits per heavy atom. The van der Waals surface area contributed by atoms with Crippen molar-refractivity contribution in [3.8, 4) is 0 Å². The highest BCUT2D eigenvalue weighted by atomic mass is 19.1. The van der Waals surface area contributed by atoms with Gasteiger partial charge in [-0.2, -0.15) is 0 Å². The van der Waals surface area contributed by atoms with Gasteiger partial charge >= 0.3 is 0 Å². The Morgan fingerprint density at radius 3 is 2.68 bits per heavy atom. The largest absolute Gasteiger partial charge is 0.493 e. The average molecular weight is 387 g/mol. The molecule has 0 saturated heterocycles. The molecule has 0 fully saturated rings. The van der Waals surface area contributed by atoms with Crippen molar-refractivity contribution in [2.45, 2.75) is 65.6 Å². The van der Waals surface area contributed by atoms with Crippen LogP contribution in [-0.4, -0.2) is 31.5 Å². The van der Waals surface area contributed by atoms with Crippen molar-refractivity contribution in [2.75, 3.05) is 6.61 Å². The minimum atomic E-state index is -0.418. The molecular formula is C22H31BFNO3. The molecule has 2 rings (SSSR count). The zero-order valence-electron chi connectivity index (χ0n) is 17.5. The Balaban J connectivity index is 2.05. The van der Waals surface area contributed by atoms with Gasteiger partial charge in [0.2, 0.25) is 5.91 Å². The summed E-state index contributed by atoms with van der Waals surface area (Å²) in [6, 6.07) is 3.21. The monoisotopic (exact) mass is 387 g/mol. The average Bonchev–Trinajstić information content (AvgIpc) is 2.60. The molecule has 0 saturated carbocycles. The van der Waals surface area contributed by atoms with Gasteiger partial charge in [0.1, 0.15) is 17.4 Å². The van der Waals surface area contributed by atoms with Crippen LogP contribution in [-0.2, 0) is 27.1 Å². The molecular weight excluding hydrogens is 356 g/mol. The molecule has 0 spiro atoms. The molecule has 0 aliphatic carbocycles. The van der Waals surface area contributed by atoms with Gasteiger partial charge < -0.3 is 10.1 Å². The number of rotatable bonds is 8. The van der Waals surface area contributed by atoms with Crippen molar-refractivity contribution >= 4 is 24.7 Å². The summed E-state index contributed by atoms with van der Waals surface area (Å²) in [7, 11) is 0.759. The molecule has 0 aromatic heterocycles. The number of carbonyl (C=O) groups excluding carboxylic acids is 2. The first-order valence-electron chi connectivity index (χ1n) is 10.1. The van der Waals surface area contributed by atoms with E-state index in [1.165, 1.54) is 6.07 Å². The molecule has 4 nitrogen and oxygen atoms in total. The van der Waals surface area contributed by atoms with Crippen LogP contribution in [0, 0.1) is 11.2 Å². The number of amides is 1. The van der Waals surface area contributed by atoms with E-state index in [1.54, 1.807) is 6.07 Å². The van der Waals surface area contributed by atoms with Gasteiger partial charge in [0, 0.05) is 24.2 Å². The number of ketones is 1. The minimum Gasteiger partial charge on any atom is -0.493 e. The predicted molar refractivity (Wildman–Crippen MR) is 112 cm³/mol. The van der Waals surface area contributed by atoms with Gasteiger partial charge in [0.15, 0.2) is 7.28 Å². The van der Waals surface area contributed by atoms with Crippen LogP contribution in [0.15, 0.2) is 18.7 Å². The van der Waals surface area contributed by atoms with E-state index in [1.807, 2.05) is 27.7 Å². The summed E-state index contributed by atoms with van der Waals surface area (Å²) >= 11 is 0. The van der Waals surface area contributed by atoms with E-state index in [0.717, 1.165) is 24.8 Å². The predicted octanol–water partition coefficient (Wildman–Crippen LogP) is 3.55. The van der Waals surface area contributed by atoms with Crippen LogP contribution in [0.4, 0.5) is 4.39 Å². The lowest BCUT2D eigenvalue weighted by Gasteiger charge is -2.27. The fraction of sp³-hybridized carbons (Fsp3) is 0.545. The third-order valence-electron chi connectivity index (χ3n) is 5.13. The van der Waals surface area contributed by atoms with Crippen LogP contribution in [0.25, 0.3) is 5.76 Å². The van der Waals surface area contributed by atoms with Gasteiger partial charge in [-0.25, -0.2) is 4.39 Å². The number of hydrogen-bond donors (Lipinski definition) is 1. The van der Waals surface area contributed by atoms with E-state index in [0.29, 0.717) is 24.7 Å². The van der Waals surface area contributed by atoms with Crippen molar-refractivity contribution in [3.05, 3.63) is 41.2 Å². The maximum Gasteiger partial charge on any atom is 0.219 e. The van der Waals surface area contributed by atoms with Crippen LogP contribution < -0.4 is 5.32 Å². The SMILES string of the molecule is C=C(OCCC(=O)C(C)(C)C)c1c(F)ccc2c1CB[C@@H](NC(=O)CCC)C2. The van der Waals surface area contributed by atoms with Gasteiger partial charge in [-0.1, -0.05) is 40.3 Å². The molecule has 1 amide bonds. The lowest BCUT2D eigenvalue weighted by molar-refractivity contribution is -0.127. The van der Waals surface area contributed by atoms with Crippen molar-refractivity contribution in [1.82, 2.24) is 5.32 Å². The quantitative estimate of drug-likeness (QED) is 0.548. The lowest BCUT2D eigenvalue weighted by Crippen LogP contribution is -2.44. The second-order valence-electron chi connectivity index (χ2n) is 8.51. The van der Waals surface area contributed by atoms with E-state index < -0.39 is 5.41 Å². The molecule has 0 bridgehead atoms. The molecule has 28 heavy (non-hydrogen) atoms. The van der Waals surface area contributed by atoms with E-state index in [9.17, 15) is 14.0 Å². The molecule has 152 valence electrons. The topological polar surface area (TPSA) is 55.4 Å². The third kappa shape index (κ3) is 5.70. The van der Waals surface area contributed by atoms with E-state index in [-0.39, 0.29) is 42.2 Å². The van der Waals surface area contributed by atoms with Gasteiger partial charge in [-0.05, 0) is 36.4 Å². The molecule has 1 heterocycles. The number of nitrogens with one attached hydrogen (secondary N) is 1. The number of Topliss-reactive ketones (excluding diaryl/α,β-unsaturated/α-hetero) is 1. The third-order valence-corrected chi connectivity index (χ3v) is 5.13. The Morgan fingerprint density at radius 2 is 2.04 bits per heavy atom. The van der Waals surface area contributed by atoms with Crippen LogP contribution in [0.2, 0.25) is 0 Å². The molecule has 1 atom stereocenters. The molecule has 1 aliphatic rings.